The van der Waals surface area contributed by atoms with Gasteiger partial charge in [-0.3, -0.25) is 9.88 Å². The van der Waals surface area contributed by atoms with Crippen LogP contribution in [0.15, 0.2) is 53.1 Å². The Balaban J connectivity index is 1.83. The second kappa shape index (κ2) is 10.6. The van der Waals surface area contributed by atoms with E-state index in [9.17, 15) is 13.6 Å². The zero-order chi connectivity index (χ0) is 22.2. The molecule has 0 saturated carbocycles. The van der Waals surface area contributed by atoms with Crippen molar-refractivity contribution in [3.05, 3.63) is 60.2 Å². The molecule has 2 aromatic heterocycles. The first-order valence-electron chi connectivity index (χ1n) is 10.2. The molecule has 2 amide bonds. The molecule has 7 nitrogen and oxygen atoms in total. The van der Waals surface area contributed by atoms with Gasteiger partial charge >= 0.3 is 12.5 Å². The maximum absolute atomic E-state index is 13.3. The topological polar surface area (TPSA) is 75.4 Å². The number of halogens is 2. The van der Waals surface area contributed by atoms with Crippen molar-refractivity contribution in [2.75, 3.05) is 18.0 Å². The average Bonchev–Trinajstić information content (AvgIpc) is 3.29. The van der Waals surface area contributed by atoms with Crippen LogP contribution in [0.2, 0.25) is 0 Å². The lowest BCUT2D eigenvalue weighted by Crippen LogP contribution is -2.44. The summed E-state index contributed by atoms with van der Waals surface area (Å²) in [5.74, 6) is -0.755. The molecule has 3 aromatic rings. The van der Waals surface area contributed by atoms with Crippen LogP contribution in [-0.2, 0) is 6.54 Å². The molecule has 9 heteroatoms. The normalized spacial score (nSPS) is 11.0. The van der Waals surface area contributed by atoms with Gasteiger partial charge in [0.2, 0.25) is 5.89 Å². The number of anilines is 1. The fourth-order valence-electron chi connectivity index (χ4n) is 3.14. The predicted molar refractivity (Wildman–Crippen MR) is 113 cm³/mol. The van der Waals surface area contributed by atoms with Crippen molar-refractivity contribution in [1.82, 2.24) is 20.1 Å². The van der Waals surface area contributed by atoms with E-state index < -0.39 is 12.3 Å². The van der Waals surface area contributed by atoms with Crippen LogP contribution in [0, 0.1) is 0 Å². The highest BCUT2D eigenvalue weighted by Gasteiger charge is 2.22. The van der Waals surface area contributed by atoms with Gasteiger partial charge in [-0.15, -0.1) is 10.2 Å². The Kier molecular flexibility index (Phi) is 7.64. The second-order valence-corrected chi connectivity index (χ2v) is 6.98. The standard InChI is InChI=1S/C22H25F2N5O2/c1-3-12-28(13-4-2)22(30)29(18-8-6-5-7-9-18)15-17-11-10-16(14-25-17)20-26-27-21(31-20)19(23)24/h5-11,14,19H,3-4,12-13,15H2,1-2H3. The van der Waals surface area contributed by atoms with Crippen molar-refractivity contribution in [1.29, 1.82) is 0 Å². The number of carbonyl (C=O) groups is 1. The van der Waals surface area contributed by atoms with Crippen LogP contribution in [0.1, 0.15) is 44.7 Å². The van der Waals surface area contributed by atoms with Crippen LogP contribution in [0.3, 0.4) is 0 Å². The van der Waals surface area contributed by atoms with Crippen LogP contribution < -0.4 is 4.90 Å². The fourth-order valence-corrected chi connectivity index (χ4v) is 3.14. The predicted octanol–water partition coefficient (Wildman–Crippen LogP) is 5.32. The third-order valence-electron chi connectivity index (χ3n) is 4.58. The van der Waals surface area contributed by atoms with Crippen molar-refractivity contribution in [2.45, 2.75) is 39.7 Å². The number of para-hydroxylation sites is 1. The zero-order valence-electron chi connectivity index (χ0n) is 17.5. The van der Waals surface area contributed by atoms with E-state index in [1.807, 2.05) is 49.1 Å². The summed E-state index contributed by atoms with van der Waals surface area (Å²) in [7, 11) is 0. The highest BCUT2D eigenvalue weighted by atomic mass is 19.3. The van der Waals surface area contributed by atoms with E-state index in [2.05, 4.69) is 15.2 Å². The molecule has 0 fully saturated rings. The lowest BCUT2D eigenvalue weighted by molar-refractivity contribution is 0.116. The van der Waals surface area contributed by atoms with Crippen molar-refractivity contribution in [2.24, 2.45) is 0 Å². The molecule has 0 aliphatic heterocycles. The molecule has 1 aromatic carbocycles. The summed E-state index contributed by atoms with van der Waals surface area (Å²) in [6.07, 6.45) is 0.382. The highest BCUT2D eigenvalue weighted by molar-refractivity contribution is 5.91. The van der Waals surface area contributed by atoms with Gasteiger partial charge in [0, 0.05) is 25.0 Å². The number of carbonyl (C=O) groups excluding carboxylic acids is 1. The SMILES string of the molecule is CCCN(CCC)C(=O)N(Cc1ccc(-c2nnc(C(F)F)o2)cn1)c1ccccc1. The van der Waals surface area contributed by atoms with Crippen molar-refractivity contribution in [3.8, 4) is 11.5 Å². The summed E-state index contributed by atoms with van der Waals surface area (Å²) in [6.45, 7) is 5.69. The second-order valence-electron chi connectivity index (χ2n) is 6.98. The minimum absolute atomic E-state index is 0.0255. The molecule has 0 unspecified atom stereocenters. The monoisotopic (exact) mass is 429 g/mol. The number of hydrogen-bond acceptors (Lipinski definition) is 5. The molecule has 0 bridgehead atoms. The summed E-state index contributed by atoms with van der Waals surface area (Å²) in [5.41, 5.74) is 1.84. The molecule has 0 aliphatic rings. The number of pyridine rings is 1. The van der Waals surface area contributed by atoms with Gasteiger partial charge in [-0.05, 0) is 37.1 Å². The molecule has 164 valence electrons. The molecule has 0 spiro atoms. The lowest BCUT2D eigenvalue weighted by Gasteiger charge is -2.30. The molecule has 0 saturated heterocycles. The number of alkyl halides is 2. The Morgan fingerprint density at radius 1 is 1.03 bits per heavy atom. The molecule has 0 N–H and O–H groups in total. The largest absolute Gasteiger partial charge is 0.415 e. The number of amides is 2. The summed E-state index contributed by atoms with van der Waals surface area (Å²) in [6, 6.07) is 12.7. The smallest absolute Gasteiger partial charge is 0.324 e. The van der Waals surface area contributed by atoms with Gasteiger partial charge in [0.1, 0.15) is 0 Å². The van der Waals surface area contributed by atoms with E-state index in [0.717, 1.165) is 18.5 Å². The third-order valence-corrected chi connectivity index (χ3v) is 4.58. The Bertz CT molecular complexity index is 958. The summed E-state index contributed by atoms with van der Waals surface area (Å²) in [5, 5.41) is 6.96. The molecule has 0 atom stereocenters. The van der Waals surface area contributed by atoms with Crippen LogP contribution in [0.25, 0.3) is 11.5 Å². The first kappa shape index (κ1) is 22.3. The molecule has 31 heavy (non-hydrogen) atoms. The van der Waals surface area contributed by atoms with Crippen molar-refractivity contribution in [3.63, 3.8) is 0 Å². The Morgan fingerprint density at radius 3 is 2.29 bits per heavy atom. The first-order valence-corrected chi connectivity index (χ1v) is 10.2. The van der Waals surface area contributed by atoms with E-state index in [1.54, 1.807) is 17.0 Å². The average molecular weight is 429 g/mol. The maximum Gasteiger partial charge on any atom is 0.324 e. The lowest BCUT2D eigenvalue weighted by atomic mass is 10.2. The Labute approximate surface area is 179 Å². The Hall–Kier alpha value is -3.36. The number of benzene rings is 1. The van der Waals surface area contributed by atoms with Crippen molar-refractivity contribution < 1.29 is 18.0 Å². The number of rotatable bonds is 9. The van der Waals surface area contributed by atoms with Gasteiger partial charge < -0.3 is 9.32 Å². The van der Waals surface area contributed by atoms with E-state index in [4.69, 9.17) is 4.42 Å². The number of nitrogens with zero attached hydrogens (tertiary/aromatic N) is 5. The minimum Gasteiger partial charge on any atom is -0.415 e. The summed E-state index contributed by atoms with van der Waals surface area (Å²) >= 11 is 0. The number of hydrogen-bond donors (Lipinski definition) is 0. The molecule has 0 aliphatic carbocycles. The van der Waals surface area contributed by atoms with Gasteiger partial charge in [0.25, 0.3) is 5.89 Å². The van der Waals surface area contributed by atoms with Crippen LogP contribution >= 0.6 is 0 Å². The maximum atomic E-state index is 13.3. The van der Waals surface area contributed by atoms with Gasteiger partial charge in [0.15, 0.2) is 0 Å². The number of urea groups is 1. The summed E-state index contributed by atoms with van der Waals surface area (Å²) in [4.78, 5) is 21.2. The molecule has 3 rings (SSSR count). The summed E-state index contributed by atoms with van der Waals surface area (Å²) < 4.78 is 30.3. The molecular formula is C22H25F2N5O2. The van der Waals surface area contributed by atoms with Crippen LogP contribution in [-0.4, -0.2) is 39.2 Å². The van der Waals surface area contributed by atoms with Gasteiger partial charge in [-0.2, -0.15) is 8.78 Å². The first-order chi connectivity index (χ1) is 15.0. The van der Waals surface area contributed by atoms with Gasteiger partial charge in [-0.25, -0.2) is 4.79 Å². The van der Waals surface area contributed by atoms with Crippen LogP contribution in [0.4, 0.5) is 19.3 Å². The number of aromatic nitrogens is 3. The fraction of sp³-hybridized carbons (Fsp3) is 0.364. The van der Waals surface area contributed by atoms with Gasteiger partial charge in [0.05, 0.1) is 17.8 Å². The molecule has 2 heterocycles. The minimum atomic E-state index is -2.83. The zero-order valence-corrected chi connectivity index (χ0v) is 17.5. The van der Waals surface area contributed by atoms with Crippen molar-refractivity contribution >= 4 is 11.7 Å². The highest BCUT2D eigenvalue weighted by Crippen LogP contribution is 2.24. The van der Waals surface area contributed by atoms with Gasteiger partial charge in [-0.1, -0.05) is 32.0 Å². The van der Waals surface area contributed by atoms with Crippen LogP contribution in [0.5, 0.6) is 0 Å². The third kappa shape index (κ3) is 5.62. The van der Waals surface area contributed by atoms with E-state index in [0.29, 0.717) is 24.3 Å². The molecule has 0 radical (unpaired) electrons. The quantitative estimate of drug-likeness (QED) is 0.460. The van der Waals surface area contributed by atoms with E-state index >= 15 is 0 Å². The van der Waals surface area contributed by atoms with E-state index in [-0.39, 0.29) is 18.5 Å². The molecular weight excluding hydrogens is 404 g/mol. The Morgan fingerprint density at radius 2 is 1.74 bits per heavy atom. The van der Waals surface area contributed by atoms with E-state index in [1.165, 1.54) is 6.20 Å².